The molecule has 0 aromatic carbocycles. The van der Waals surface area contributed by atoms with Gasteiger partial charge in [0.25, 0.3) is 0 Å². The van der Waals surface area contributed by atoms with Gasteiger partial charge in [-0.1, -0.05) is 33.9 Å². The summed E-state index contributed by atoms with van der Waals surface area (Å²) in [4.78, 5) is 0. The molecule has 1 aromatic rings. The Kier molecular flexibility index (Phi) is 7.52. The summed E-state index contributed by atoms with van der Waals surface area (Å²) < 4.78 is 3.48. The Morgan fingerprint density at radius 2 is 2.30 bits per heavy atom. The number of aromatic nitrogens is 1. The molecule has 0 aliphatic heterocycles. The summed E-state index contributed by atoms with van der Waals surface area (Å²) in [5.74, 6) is 0. The van der Waals surface area contributed by atoms with E-state index in [-0.39, 0.29) is 24.0 Å². The predicted molar refractivity (Wildman–Crippen MR) is 48.0 cm³/mol. The number of nitrogens with zero attached hydrogens (tertiary/aromatic N) is 1. The highest BCUT2D eigenvalue weighted by Crippen LogP contribution is 1.91. The van der Waals surface area contributed by atoms with Crippen LogP contribution in [0.1, 0.15) is 6.42 Å². The third kappa shape index (κ3) is 4.07. The fourth-order valence-electron chi connectivity index (χ4n) is 0.631. The van der Waals surface area contributed by atoms with Crippen molar-refractivity contribution < 1.29 is 28.5 Å². The molecule has 0 fully saturated rings. The zero-order valence-corrected chi connectivity index (χ0v) is 10.6. The van der Waals surface area contributed by atoms with Gasteiger partial charge in [0, 0.05) is 10.8 Å². The van der Waals surface area contributed by atoms with Crippen LogP contribution in [0.5, 0.6) is 0 Å². The fourth-order valence-corrected chi connectivity index (χ4v) is 1.60. The average molecular weight is 381 g/mol. The number of aryl methyl sites for hydroxylation is 1. The first-order chi connectivity index (χ1) is 4.43. The van der Waals surface area contributed by atoms with Crippen molar-refractivity contribution in [3.05, 3.63) is 17.1 Å². The van der Waals surface area contributed by atoms with Gasteiger partial charge in [-0.15, -0.1) is 0 Å². The van der Waals surface area contributed by atoms with Crippen molar-refractivity contribution in [2.45, 2.75) is 13.0 Å². The largest absolute Gasteiger partial charge is 1.00 e. The lowest BCUT2D eigenvalue weighted by Crippen LogP contribution is -3.00. The summed E-state index contributed by atoms with van der Waals surface area (Å²) in [5.41, 5.74) is 2.15. The van der Waals surface area contributed by atoms with Crippen LogP contribution in [-0.2, 0) is 6.54 Å². The minimum Gasteiger partial charge on any atom is -1.00 e. The molecule has 0 amide bonds. The van der Waals surface area contributed by atoms with Gasteiger partial charge in [0.05, 0.1) is 5.38 Å². The summed E-state index contributed by atoms with van der Waals surface area (Å²) >= 11 is 4.15. The van der Waals surface area contributed by atoms with Gasteiger partial charge in [0.15, 0.2) is 6.20 Å². The molecule has 0 saturated heterocycles. The lowest BCUT2D eigenvalue weighted by atomic mass is 10.5. The van der Waals surface area contributed by atoms with Crippen LogP contribution in [0.25, 0.3) is 0 Å². The molecule has 10 heavy (non-hydrogen) atoms. The van der Waals surface area contributed by atoms with Crippen molar-refractivity contribution in [3.63, 3.8) is 0 Å². The number of hydrogen-bond donors (Lipinski definition) is 0. The maximum absolute atomic E-state index is 2.40. The van der Waals surface area contributed by atoms with Crippen LogP contribution < -0.4 is 28.5 Å². The number of thiazole rings is 1. The van der Waals surface area contributed by atoms with E-state index in [2.05, 4.69) is 44.2 Å². The van der Waals surface area contributed by atoms with E-state index < -0.39 is 0 Å². The van der Waals surface area contributed by atoms with Crippen LogP contribution in [0.4, 0.5) is 0 Å². The first-order valence-electron chi connectivity index (χ1n) is 2.90. The molecule has 4 heteroatoms. The molecular formula is C6H9I2NS. The molecule has 1 aromatic heterocycles. The Balaban J connectivity index is 0.000000810. The van der Waals surface area contributed by atoms with E-state index >= 15 is 0 Å². The molecule has 0 unspecified atom stereocenters. The van der Waals surface area contributed by atoms with Gasteiger partial charge < -0.3 is 24.0 Å². The first-order valence-corrected chi connectivity index (χ1v) is 5.37. The molecule has 0 aliphatic rings. The Morgan fingerprint density at radius 1 is 1.50 bits per heavy atom. The number of halogens is 2. The van der Waals surface area contributed by atoms with E-state index in [0.29, 0.717) is 0 Å². The molecule has 0 saturated carbocycles. The van der Waals surface area contributed by atoms with Gasteiger partial charge >= 0.3 is 0 Å². The van der Waals surface area contributed by atoms with Gasteiger partial charge in [-0.3, -0.25) is 0 Å². The van der Waals surface area contributed by atoms with E-state index in [1.165, 1.54) is 17.4 Å². The van der Waals surface area contributed by atoms with Crippen LogP contribution in [-0.4, -0.2) is 4.43 Å². The van der Waals surface area contributed by atoms with E-state index in [9.17, 15) is 0 Å². The highest BCUT2D eigenvalue weighted by atomic mass is 127. The van der Waals surface area contributed by atoms with Crippen molar-refractivity contribution >= 4 is 33.9 Å². The second kappa shape index (κ2) is 6.78. The highest BCUT2D eigenvalue weighted by molar-refractivity contribution is 14.1. The third-order valence-corrected chi connectivity index (χ3v) is 2.51. The van der Waals surface area contributed by atoms with E-state index in [0.717, 1.165) is 0 Å². The lowest BCUT2D eigenvalue weighted by molar-refractivity contribution is -0.692. The predicted octanol–water partition coefficient (Wildman–Crippen LogP) is -1.14. The van der Waals surface area contributed by atoms with Crippen molar-refractivity contribution in [1.29, 1.82) is 0 Å². The molecule has 1 heterocycles. The minimum atomic E-state index is 0. The number of rotatable bonds is 3. The monoisotopic (exact) mass is 381 g/mol. The van der Waals surface area contributed by atoms with Gasteiger partial charge in [-0.05, 0) is 0 Å². The maximum atomic E-state index is 2.40. The quantitative estimate of drug-likeness (QED) is 0.355. The summed E-state index contributed by atoms with van der Waals surface area (Å²) in [6.45, 7) is 1.17. The molecule has 0 N–H and O–H groups in total. The molecule has 1 nitrogen and oxygen atoms in total. The zero-order chi connectivity index (χ0) is 6.53. The standard InChI is InChI=1S/C6H9INS.HI/c7-2-1-3-8-4-5-9-6-8;/h4-6H,1-3H2;1H/q+1;/p-1. The van der Waals surface area contributed by atoms with Gasteiger partial charge in [0.2, 0.25) is 5.51 Å². The Hall–Kier alpha value is 1.09. The van der Waals surface area contributed by atoms with Crippen molar-refractivity contribution in [3.8, 4) is 0 Å². The molecule has 58 valence electrons. The van der Waals surface area contributed by atoms with Crippen LogP contribution in [0.3, 0.4) is 0 Å². The smallest absolute Gasteiger partial charge is 0.224 e. The summed E-state index contributed by atoms with van der Waals surface area (Å²) in [6.07, 6.45) is 3.40. The summed E-state index contributed by atoms with van der Waals surface area (Å²) in [5, 5.41) is 2.10. The molecule has 1 rings (SSSR count). The van der Waals surface area contributed by atoms with Crippen molar-refractivity contribution in [2.75, 3.05) is 4.43 Å². The van der Waals surface area contributed by atoms with E-state index in [1.54, 1.807) is 11.3 Å². The molecule has 0 atom stereocenters. The fraction of sp³-hybridized carbons (Fsp3) is 0.500. The van der Waals surface area contributed by atoms with Gasteiger partial charge in [-0.25, -0.2) is 0 Å². The zero-order valence-electron chi connectivity index (χ0n) is 5.46. The second-order valence-electron chi connectivity index (χ2n) is 1.81. The SMILES string of the molecule is ICCC[n+]1ccsc1.[I-]. The average Bonchev–Trinajstić information content (AvgIpc) is 2.34. The molecule has 0 bridgehead atoms. The lowest BCUT2D eigenvalue weighted by Gasteiger charge is -1.85. The normalized spacial score (nSPS) is 8.90. The topological polar surface area (TPSA) is 3.88 Å². The van der Waals surface area contributed by atoms with Crippen molar-refractivity contribution in [1.82, 2.24) is 0 Å². The van der Waals surface area contributed by atoms with Gasteiger partial charge in [0.1, 0.15) is 6.54 Å². The number of alkyl halides is 1. The van der Waals surface area contributed by atoms with Gasteiger partial charge in [-0.2, -0.15) is 4.57 Å². The molecule has 0 radical (unpaired) electrons. The first kappa shape index (κ1) is 11.1. The van der Waals surface area contributed by atoms with E-state index in [4.69, 9.17) is 0 Å². The molecular weight excluding hydrogens is 372 g/mol. The Morgan fingerprint density at radius 3 is 2.80 bits per heavy atom. The highest BCUT2D eigenvalue weighted by Gasteiger charge is 1.96. The maximum Gasteiger partial charge on any atom is 0.224 e. The minimum absolute atomic E-state index is 0. The van der Waals surface area contributed by atoms with Crippen LogP contribution >= 0.6 is 33.9 Å². The number of hydrogen-bond acceptors (Lipinski definition) is 1. The van der Waals surface area contributed by atoms with Crippen LogP contribution in [0, 0.1) is 0 Å². The molecule has 0 aliphatic carbocycles. The van der Waals surface area contributed by atoms with Crippen LogP contribution in [0.15, 0.2) is 17.1 Å². The summed E-state index contributed by atoms with van der Waals surface area (Å²) in [7, 11) is 0. The summed E-state index contributed by atoms with van der Waals surface area (Å²) in [6, 6.07) is 0. The Labute approximate surface area is 96.0 Å². The second-order valence-corrected chi connectivity index (χ2v) is 3.64. The third-order valence-electron chi connectivity index (χ3n) is 1.08. The van der Waals surface area contributed by atoms with E-state index in [1.807, 2.05) is 0 Å². The van der Waals surface area contributed by atoms with Crippen molar-refractivity contribution in [2.24, 2.45) is 0 Å². The van der Waals surface area contributed by atoms with Crippen LogP contribution in [0.2, 0.25) is 0 Å². The Bertz CT molecular complexity index is 153. The molecule has 0 spiro atoms.